The summed E-state index contributed by atoms with van der Waals surface area (Å²) in [5.41, 5.74) is 2.20. The highest BCUT2D eigenvalue weighted by Crippen LogP contribution is 2.03. The van der Waals surface area contributed by atoms with E-state index in [4.69, 9.17) is 0 Å². The summed E-state index contributed by atoms with van der Waals surface area (Å²) in [5.74, 6) is -0.0995. The van der Waals surface area contributed by atoms with Gasteiger partial charge in [-0.25, -0.2) is 4.98 Å². The van der Waals surface area contributed by atoms with Gasteiger partial charge in [0, 0.05) is 18.1 Å². The van der Waals surface area contributed by atoms with Crippen molar-refractivity contribution in [2.75, 3.05) is 0 Å². The molecule has 0 aliphatic carbocycles. The number of carbonyl (C=O) groups excluding carboxylic acids is 1. The second kappa shape index (κ2) is 5.16. The zero-order valence-electron chi connectivity index (χ0n) is 9.50. The van der Waals surface area contributed by atoms with Crippen LogP contribution in [-0.4, -0.2) is 15.8 Å². The van der Waals surface area contributed by atoms with E-state index in [1.54, 1.807) is 24.5 Å². The third-order valence-corrected chi connectivity index (χ3v) is 2.25. The van der Waals surface area contributed by atoms with Gasteiger partial charge in [0.15, 0.2) is 0 Å². The van der Waals surface area contributed by atoms with Crippen molar-refractivity contribution in [1.82, 2.24) is 9.97 Å². The van der Waals surface area contributed by atoms with E-state index in [1.165, 1.54) is 6.08 Å². The largest absolute Gasteiger partial charge is 0.288 e. The van der Waals surface area contributed by atoms with Crippen LogP contribution in [0.25, 0.3) is 6.08 Å². The number of nitrogens with zero attached hydrogens (tertiary/aromatic N) is 2. The highest BCUT2D eigenvalue weighted by molar-refractivity contribution is 6.05. The zero-order valence-corrected chi connectivity index (χ0v) is 9.50. The van der Waals surface area contributed by atoms with Gasteiger partial charge in [-0.05, 0) is 42.8 Å². The number of rotatable bonds is 3. The average molecular weight is 224 g/mol. The van der Waals surface area contributed by atoms with Crippen LogP contribution >= 0.6 is 0 Å². The molecule has 0 spiro atoms. The molecule has 0 aliphatic rings. The van der Waals surface area contributed by atoms with Gasteiger partial charge in [0.1, 0.15) is 5.69 Å². The number of hydrogen-bond donors (Lipinski definition) is 0. The first-order valence-corrected chi connectivity index (χ1v) is 5.32. The van der Waals surface area contributed by atoms with Crippen molar-refractivity contribution in [2.24, 2.45) is 0 Å². The molecule has 0 unspecified atom stereocenters. The van der Waals surface area contributed by atoms with E-state index in [2.05, 4.69) is 9.97 Å². The van der Waals surface area contributed by atoms with Crippen LogP contribution in [0.15, 0.2) is 48.8 Å². The number of aromatic nitrogens is 2. The summed E-state index contributed by atoms with van der Waals surface area (Å²) in [7, 11) is 0. The third-order valence-electron chi connectivity index (χ3n) is 2.25. The predicted octanol–water partition coefficient (Wildman–Crippen LogP) is 2.68. The van der Waals surface area contributed by atoms with Gasteiger partial charge in [-0.2, -0.15) is 0 Å². The molecule has 17 heavy (non-hydrogen) atoms. The van der Waals surface area contributed by atoms with Crippen molar-refractivity contribution in [2.45, 2.75) is 6.92 Å². The lowest BCUT2D eigenvalue weighted by Crippen LogP contribution is -1.98. The van der Waals surface area contributed by atoms with Crippen LogP contribution < -0.4 is 0 Å². The smallest absolute Gasteiger partial charge is 0.204 e. The van der Waals surface area contributed by atoms with E-state index < -0.39 is 0 Å². The molecular formula is C14H12N2O. The molecule has 0 aliphatic heterocycles. The van der Waals surface area contributed by atoms with Crippen LogP contribution in [-0.2, 0) is 0 Å². The van der Waals surface area contributed by atoms with Gasteiger partial charge in [-0.1, -0.05) is 12.1 Å². The van der Waals surface area contributed by atoms with E-state index in [9.17, 15) is 4.79 Å². The fourth-order valence-corrected chi connectivity index (χ4v) is 1.41. The Kier molecular flexibility index (Phi) is 3.40. The van der Waals surface area contributed by atoms with Crippen LogP contribution in [0.4, 0.5) is 0 Å². The minimum absolute atomic E-state index is 0.0995. The summed E-state index contributed by atoms with van der Waals surface area (Å²) in [6, 6.07) is 9.12. The predicted molar refractivity (Wildman–Crippen MR) is 66.6 cm³/mol. The molecule has 2 aromatic heterocycles. The first-order chi connectivity index (χ1) is 8.25. The van der Waals surface area contributed by atoms with Crippen LogP contribution in [0.3, 0.4) is 0 Å². The summed E-state index contributed by atoms with van der Waals surface area (Å²) in [4.78, 5) is 19.9. The van der Waals surface area contributed by atoms with Gasteiger partial charge in [-0.3, -0.25) is 9.78 Å². The number of hydrogen-bond acceptors (Lipinski definition) is 3. The highest BCUT2D eigenvalue weighted by atomic mass is 16.1. The monoisotopic (exact) mass is 224 g/mol. The molecule has 3 nitrogen and oxygen atoms in total. The van der Waals surface area contributed by atoms with Crippen LogP contribution in [0.5, 0.6) is 0 Å². The molecule has 2 heterocycles. The average Bonchev–Trinajstić information content (AvgIpc) is 2.37. The highest BCUT2D eigenvalue weighted by Gasteiger charge is 2.02. The molecule has 84 valence electrons. The van der Waals surface area contributed by atoms with Gasteiger partial charge in [0.2, 0.25) is 5.78 Å². The van der Waals surface area contributed by atoms with Gasteiger partial charge < -0.3 is 0 Å². The Morgan fingerprint density at radius 1 is 1.24 bits per heavy atom. The maximum atomic E-state index is 11.8. The Hall–Kier alpha value is -2.29. The topological polar surface area (TPSA) is 42.9 Å². The first-order valence-electron chi connectivity index (χ1n) is 5.32. The Bertz CT molecular complexity index is 547. The van der Waals surface area contributed by atoms with Crippen molar-refractivity contribution >= 4 is 11.9 Å². The zero-order chi connectivity index (χ0) is 12.1. The minimum atomic E-state index is -0.0995. The molecule has 0 amide bonds. The molecule has 0 saturated heterocycles. The van der Waals surface area contributed by atoms with Gasteiger partial charge in [0.25, 0.3) is 0 Å². The minimum Gasteiger partial charge on any atom is -0.288 e. The Morgan fingerprint density at radius 3 is 2.82 bits per heavy atom. The first kappa shape index (κ1) is 11.2. The maximum Gasteiger partial charge on any atom is 0.204 e. The lowest BCUT2D eigenvalue weighted by molar-refractivity contribution is 0.104. The van der Waals surface area contributed by atoms with Gasteiger partial charge in [0.05, 0.1) is 0 Å². The number of pyridine rings is 2. The van der Waals surface area contributed by atoms with E-state index in [1.807, 2.05) is 31.2 Å². The molecule has 0 saturated carbocycles. The summed E-state index contributed by atoms with van der Waals surface area (Å²) >= 11 is 0. The Morgan fingerprint density at radius 2 is 2.12 bits per heavy atom. The van der Waals surface area contributed by atoms with Crippen molar-refractivity contribution in [3.63, 3.8) is 0 Å². The van der Waals surface area contributed by atoms with Crippen LogP contribution in [0.1, 0.15) is 21.7 Å². The van der Waals surface area contributed by atoms with Crippen molar-refractivity contribution < 1.29 is 4.79 Å². The normalized spacial score (nSPS) is 10.6. The number of allylic oxidation sites excluding steroid dienone is 1. The SMILES string of the molecule is Cc1cccc(C(=O)C=Cc2cccnc2)n1. The van der Waals surface area contributed by atoms with E-state index in [-0.39, 0.29) is 5.78 Å². The van der Waals surface area contributed by atoms with Crippen molar-refractivity contribution in [3.8, 4) is 0 Å². The lowest BCUT2D eigenvalue weighted by Gasteiger charge is -1.96. The van der Waals surface area contributed by atoms with Crippen LogP contribution in [0, 0.1) is 6.92 Å². The number of ketones is 1. The second-order valence-electron chi connectivity index (χ2n) is 3.65. The quantitative estimate of drug-likeness (QED) is 0.594. The number of carbonyl (C=O) groups is 1. The molecule has 2 rings (SSSR count). The Labute approximate surface area is 99.9 Å². The molecule has 0 bridgehead atoms. The molecule has 3 heteroatoms. The van der Waals surface area contributed by atoms with Crippen molar-refractivity contribution in [3.05, 3.63) is 65.8 Å². The van der Waals surface area contributed by atoms with E-state index in [0.717, 1.165) is 11.3 Å². The second-order valence-corrected chi connectivity index (χ2v) is 3.65. The molecule has 0 atom stereocenters. The molecule has 0 fully saturated rings. The lowest BCUT2D eigenvalue weighted by atomic mass is 10.2. The van der Waals surface area contributed by atoms with E-state index >= 15 is 0 Å². The van der Waals surface area contributed by atoms with Gasteiger partial charge in [-0.15, -0.1) is 0 Å². The maximum absolute atomic E-state index is 11.8. The molecule has 0 aromatic carbocycles. The standard InChI is InChI=1S/C14H12N2O/c1-11-4-2-6-13(16-11)14(17)8-7-12-5-3-9-15-10-12/h2-10H,1H3. The van der Waals surface area contributed by atoms with E-state index in [0.29, 0.717) is 5.69 Å². The van der Waals surface area contributed by atoms with Gasteiger partial charge >= 0.3 is 0 Å². The molecule has 0 N–H and O–H groups in total. The summed E-state index contributed by atoms with van der Waals surface area (Å²) < 4.78 is 0. The Balaban J connectivity index is 2.15. The summed E-state index contributed by atoms with van der Waals surface area (Å²) in [6.07, 6.45) is 6.65. The summed E-state index contributed by atoms with van der Waals surface area (Å²) in [5, 5.41) is 0. The van der Waals surface area contributed by atoms with Crippen molar-refractivity contribution in [1.29, 1.82) is 0 Å². The number of aryl methyl sites for hydroxylation is 1. The van der Waals surface area contributed by atoms with Crippen LogP contribution in [0.2, 0.25) is 0 Å². The molecule has 2 aromatic rings. The third kappa shape index (κ3) is 3.08. The molecule has 0 radical (unpaired) electrons. The fourth-order valence-electron chi connectivity index (χ4n) is 1.41. The fraction of sp³-hybridized carbons (Fsp3) is 0.0714. The molecular weight excluding hydrogens is 212 g/mol. The summed E-state index contributed by atoms with van der Waals surface area (Å²) in [6.45, 7) is 1.86.